The van der Waals surface area contributed by atoms with Crippen LogP contribution in [0, 0.1) is 0 Å². The highest BCUT2D eigenvalue weighted by Crippen LogP contribution is 2.38. The van der Waals surface area contributed by atoms with Crippen LogP contribution in [0.4, 0.5) is 4.39 Å². The summed E-state index contributed by atoms with van der Waals surface area (Å²) < 4.78 is 13.7. The molecule has 0 aliphatic heterocycles. The Morgan fingerprint density at radius 2 is 2.07 bits per heavy atom. The van der Waals surface area contributed by atoms with Crippen LogP contribution in [0.3, 0.4) is 0 Å². The fourth-order valence-electron chi connectivity index (χ4n) is 1.75. The second-order valence-corrected chi connectivity index (χ2v) is 5.07. The number of hydrogen-bond donors (Lipinski definition) is 1. The minimum Gasteiger partial charge on any atom is -0.390 e. The molecule has 0 heterocycles. The standard InChI is InChI=1S/C13H17FO/c1-12(2,14)11-5-3-4-10(8-11)9-13(15)6-7-13/h3-5,8,15H,6-7,9H2,1-2H3. The Bertz CT molecular complexity index is 361. The zero-order valence-electron chi connectivity index (χ0n) is 9.26. The topological polar surface area (TPSA) is 20.2 Å². The van der Waals surface area contributed by atoms with E-state index in [1.54, 1.807) is 19.9 Å². The quantitative estimate of drug-likeness (QED) is 0.809. The van der Waals surface area contributed by atoms with Crippen molar-refractivity contribution in [2.24, 2.45) is 0 Å². The zero-order valence-corrected chi connectivity index (χ0v) is 9.26. The van der Waals surface area contributed by atoms with Gasteiger partial charge in [-0.05, 0) is 37.8 Å². The van der Waals surface area contributed by atoms with Crippen molar-refractivity contribution in [3.8, 4) is 0 Å². The molecule has 1 saturated carbocycles. The van der Waals surface area contributed by atoms with Crippen LogP contribution in [0.15, 0.2) is 24.3 Å². The van der Waals surface area contributed by atoms with Crippen LogP contribution in [0.5, 0.6) is 0 Å². The summed E-state index contributed by atoms with van der Waals surface area (Å²) in [5.74, 6) is 0. The van der Waals surface area contributed by atoms with Gasteiger partial charge in [0.1, 0.15) is 5.67 Å². The van der Waals surface area contributed by atoms with Crippen molar-refractivity contribution in [3.63, 3.8) is 0 Å². The van der Waals surface area contributed by atoms with E-state index in [0.29, 0.717) is 12.0 Å². The van der Waals surface area contributed by atoms with Gasteiger partial charge in [0.05, 0.1) is 5.60 Å². The fourth-order valence-corrected chi connectivity index (χ4v) is 1.75. The molecular weight excluding hydrogens is 191 g/mol. The Labute approximate surface area is 89.9 Å². The molecule has 2 heteroatoms. The van der Waals surface area contributed by atoms with Gasteiger partial charge in [0.15, 0.2) is 0 Å². The number of aliphatic hydroxyl groups is 1. The maximum Gasteiger partial charge on any atom is 0.130 e. The third kappa shape index (κ3) is 2.57. The molecule has 0 unspecified atom stereocenters. The van der Waals surface area contributed by atoms with Gasteiger partial charge < -0.3 is 5.11 Å². The van der Waals surface area contributed by atoms with Gasteiger partial charge in [-0.3, -0.25) is 0 Å². The molecule has 82 valence electrons. The van der Waals surface area contributed by atoms with E-state index < -0.39 is 11.3 Å². The molecular formula is C13H17FO. The summed E-state index contributed by atoms with van der Waals surface area (Å²) in [6.07, 6.45) is 2.39. The van der Waals surface area contributed by atoms with Crippen LogP contribution in [0.25, 0.3) is 0 Å². The predicted molar refractivity (Wildman–Crippen MR) is 58.5 cm³/mol. The highest BCUT2D eigenvalue weighted by Gasteiger charge is 2.40. The Balaban J connectivity index is 2.19. The third-order valence-electron chi connectivity index (χ3n) is 2.97. The largest absolute Gasteiger partial charge is 0.390 e. The fraction of sp³-hybridized carbons (Fsp3) is 0.538. The van der Waals surface area contributed by atoms with Gasteiger partial charge in [-0.1, -0.05) is 24.3 Å². The van der Waals surface area contributed by atoms with Crippen LogP contribution in [-0.2, 0) is 12.1 Å². The second-order valence-electron chi connectivity index (χ2n) is 5.07. The molecule has 15 heavy (non-hydrogen) atoms. The maximum atomic E-state index is 13.7. The van der Waals surface area contributed by atoms with E-state index in [1.165, 1.54) is 0 Å². The Hall–Kier alpha value is -0.890. The Morgan fingerprint density at radius 3 is 2.60 bits per heavy atom. The predicted octanol–water partition coefficient (Wildman–Crippen LogP) is 2.96. The lowest BCUT2D eigenvalue weighted by molar-refractivity contribution is 0.150. The highest BCUT2D eigenvalue weighted by atomic mass is 19.1. The number of hydrogen-bond acceptors (Lipinski definition) is 1. The molecule has 1 nitrogen and oxygen atoms in total. The summed E-state index contributed by atoms with van der Waals surface area (Å²) in [6, 6.07) is 7.46. The van der Waals surface area contributed by atoms with Gasteiger partial charge >= 0.3 is 0 Å². The number of benzene rings is 1. The summed E-state index contributed by atoms with van der Waals surface area (Å²) in [6.45, 7) is 3.11. The number of halogens is 1. The molecule has 1 aliphatic carbocycles. The molecule has 1 aromatic rings. The van der Waals surface area contributed by atoms with E-state index in [-0.39, 0.29) is 0 Å². The highest BCUT2D eigenvalue weighted by molar-refractivity contribution is 5.29. The molecule has 0 saturated heterocycles. The molecule has 0 radical (unpaired) electrons. The van der Waals surface area contributed by atoms with Crippen LogP contribution in [0.2, 0.25) is 0 Å². The molecule has 1 aliphatic rings. The van der Waals surface area contributed by atoms with Gasteiger partial charge in [0.2, 0.25) is 0 Å². The lowest BCUT2D eigenvalue weighted by Gasteiger charge is -2.16. The van der Waals surface area contributed by atoms with Gasteiger partial charge in [0, 0.05) is 6.42 Å². The van der Waals surface area contributed by atoms with Crippen LogP contribution >= 0.6 is 0 Å². The molecule has 2 rings (SSSR count). The third-order valence-corrected chi connectivity index (χ3v) is 2.97. The van der Waals surface area contributed by atoms with Crippen molar-refractivity contribution in [3.05, 3.63) is 35.4 Å². The smallest absolute Gasteiger partial charge is 0.130 e. The first-order valence-electron chi connectivity index (χ1n) is 5.40. The summed E-state index contributed by atoms with van der Waals surface area (Å²) in [7, 11) is 0. The maximum absolute atomic E-state index is 13.7. The van der Waals surface area contributed by atoms with Gasteiger partial charge in [-0.2, -0.15) is 0 Å². The molecule has 0 aromatic heterocycles. The summed E-state index contributed by atoms with van der Waals surface area (Å²) in [5.41, 5.74) is -0.0937. The van der Waals surface area contributed by atoms with E-state index in [9.17, 15) is 9.50 Å². The van der Waals surface area contributed by atoms with Gasteiger partial charge in [0.25, 0.3) is 0 Å². The minimum atomic E-state index is -1.30. The van der Waals surface area contributed by atoms with E-state index in [4.69, 9.17) is 0 Å². The van der Waals surface area contributed by atoms with Crippen molar-refractivity contribution in [2.45, 2.75) is 44.4 Å². The molecule has 1 aromatic carbocycles. The molecule has 1 fully saturated rings. The normalized spacial score (nSPS) is 18.9. The molecule has 0 spiro atoms. The van der Waals surface area contributed by atoms with Crippen molar-refractivity contribution in [2.75, 3.05) is 0 Å². The van der Waals surface area contributed by atoms with Crippen LogP contribution in [0.1, 0.15) is 37.8 Å². The number of alkyl halides is 1. The summed E-state index contributed by atoms with van der Waals surface area (Å²) in [4.78, 5) is 0. The minimum absolute atomic E-state index is 0.501. The van der Waals surface area contributed by atoms with Crippen LogP contribution < -0.4 is 0 Å². The molecule has 0 amide bonds. The van der Waals surface area contributed by atoms with Crippen molar-refractivity contribution in [1.29, 1.82) is 0 Å². The average molecular weight is 208 g/mol. The monoisotopic (exact) mass is 208 g/mol. The number of rotatable bonds is 3. The van der Waals surface area contributed by atoms with E-state index in [0.717, 1.165) is 18.4 Å². The van der Waals surface area contributed by atoms with Crippen LogP contribution in [-0.4, -0.2) is 10.7 Å². The first-order chi connectivity index (χ1) is 6.89. The molecule has 0 bridgehead atoms. The lowest BCUT2D eigenvalue weighted by atomic mass is 9.96. The van der Waals surface area contributed by atoms with Gasteiger partial charge in [-0.25, -0.2) is 4.39 Å². The van der Waals surface area contributed by atoms with E-state index >= 15 is 0 Å². The Kier molecular flexibility index (Phi) is 2.34. The van der Waals surface area contributed by atoms with Crippen molar-refractivity contribution < 1.29 is 9.50 Å². The summed E-state index contributed by atoms with van der Waals surface area (Å²) >= 11 is 0. The Morgan fingerprint density at radius 1 is 1.40 bits per heavy atom. The average Bonchev–Trinajstić information content (AvgIpc) is 2.82. The van der Waals surface area contributed by atoms with Crippen molar-refractivity contribution >= 4 is 0 Å². The first-order valence-corrected chi connectivity index (χ1v) is 5.40. The molecule has 0 atom stereocenters. The second kappa shape index (κ2) is 3.31. The summed E-state index contributed by atoms with van der Waals surface area (Å²) in [5, 5.41) is 9.78. The molecule has 1 N–H and O–H groups in total. The van der Waals surface area contributed by atoms with E-state index in [1.807, 2.05) is 18.2 Å². The first kappa shape index (κ1) is 10.6. The van der Waals surface area contributed by atoms with Crippen molar-refractivity contribution in [1.82, 2.24) is 0 Å². The lowest BCUT2D eigenvalue weighted by Crippen LogP contribution is -2.13. The zero-order chi connectivity index (χ0) is 11.1. The van der Waals surface area contributed by atoms with E-state index in [2.05, 4.69) is 0 Å². The van der Waals surface area contributed by atoms with Gasteiger partial charge in [-0.15, -0.1) is 0 Å². The SMILES string of the molecule is CC(C)(F)c1cccc(CC2(O)CC2)c1.